The lowest BCUT2D eigenvalue weighted by Gasteiger charge is -2.39. The molecule has 4 aromatic rings. The summed E-state index contributed by atoms with van der Waals surface area (Å²) in [5, 5.41) is 7.62. The number of piperidine rings is 1. The Labute approximate surface area is 268 Å². The Bertz CT molecular complexity index is 1750. The number of aryl methyl sites for hydroxylation is 1. The highest BCUT2D eigenvalue weighted by atomic mass is 19.4. The average Bonchev–Trinajstić information content (AvgIpc) is 3.66. The predicted molar refractivity (Wildman–Crippen MR) is 166 cm³/mol. The molecule has 2 atom stereocenters. The summed E-state index contributed by atoms with van der Waals surface area (Å²) in [6.07, 6.45) is -3.62. The van der Waals surface area contributed by atoms with Crippen molar-refractivity contribution in [2.24, 2.45) is 5.41 Å². The fraction of sp³-hybridized carbons (Fsp3) is 0.394. The van der Waals surface area contributed by atoms with Gasteiger partial charge in [-0.1, -0.05) is 24.3 Å². The van der Waals surface area contributed by atoms with Crippen LogP contribution >= 0.6 is 0 Å². The summed E-state index contributed by atoms with van der Waals surface area (Å²) in [5.74, 6) is -0.947. The number of nitrogens with zero attached hydrogens (tertiary/aromatic N) is 5. The molecule has 1 spiro atoms. The fourth-order valence-corrected chi connectivity index (χ4v) is 6.36. The minimum absolute atomic E-state index is 0.0911. The molecular weight excluding hydrogens is 618 g/mol. The quantitative estimate of drug-likeness (QED) is 0.186. The summed E-state index contributed by atoms with van der Waals surface area (Å²) in [6.45, 7) is 5.60. The summed E-state index contributed by atoms with van der Waals surface area (Å²) in [4.78, 5) is 22.5. The Morgan fingerprint density at radius 1 is 1.11 bits per heavy atom. The molecule has 47 heavy (non-hydrogen) atoms. The van der Waals surface area contributed by atoms with Gasteiger partial charge in [0.2, 0.25) is 17.9 Å². The molecule has 0 saturated carbocycles. The molecule has 6 rings (SSSR count). The number of ether oxygens (including phenoxy) is 2. The van der Waals surface area contributed by atoms with Gasteiger partial charge < -0.3 is 25.4 Å². The van der Waals surface area contributed by atoms with Crippen LogP contribution in [0.1, 0.15) is 43.5 Å². The Morgan fingerprint density at radius 2 is 1.87 bits per heavy atom. The molecule has 2 aliphatic heterocycles. The number of hydrogen-bond acceptors (Lipinski definition) is 9. The first-order valence-electron chi connectivity index (χ1n) is 15.4. The summed E-state index contributed by atoms with van der Waals surface area (Å²) in [6, 6.07) is 12.8. The van der Waals surface area contributed by atoms with Crippen molar-refractivity contribution in [3.63, 3.8) is 0 Å². The summed E-state index contributed by atoms with van der Waals surface area (Å²) >= 11 is 0. The van der Waals surface area contributed by atoms with Crippen LogP contribution in [0.3, 0.4) is 0 Å². The second-order valence-electron chi connectivity index (χ2n) is 12.0. The molecule has 4 heterocycles. The van der Waals surface area contributed by atoms with Gasteiger partial charge in [-0.25, -0.2) is 9.07 Å². The summed E-state index contributed by atoms with van der Waals surface area (Å²) in [7, 11) is 0. The maximum Gasteiger partial charge on any atom is 0.429 e. The topological polar surface area (TPSA) is 120 Å². The lowest BCUT2D eigenvalue weighted by molar-refractivity contribution is -0.198. The molecule has 0 unspecified atom stereocenters. The first-order chi connectivity index (χ1) is 22.4. The minimum atomic E-state index is -4.86. The number of nitrogen functional groups attached to an aromatic ring is 1. The van der Waals surface area contributed by atoms with Crippen LogP contribution in [-0.4, -0.2) is 64.2 Å². The standard InChI is InChI=1S/C33H35F4N7O3/c1-3-46-30(45)25-18-32(19-39-25)10-13-43(14-11-32)27-17-28(41-31(38)40-27)47-29(33(35,36)37)24-8-7-22(21-5-4-6-23(34)15-21)16-26(24)44-12-9-20(2)42-44/h4-9,12,15-17,25,29,39H,3,10-11,13-14,18-19H2,1-2H3,(H2,38,40,41)/t25-,29+/m0/s1. The van der Waals surface area contributed by atoms with Gasteiger partial charge in [0, 0.05) is 37.5 Å². The molecule has 0 aliphatic carbocycles. The zero-order valence-corrected chi connectivity index (χ0v) is 25.9. The van der Waals surface area contributed by atoms with Crippen LogP contribution in [0, 0.1) is 18.2 Å². The maximum absolute atomic E-state index is 14.8. The van der Waals surface area contributed by atoms with Gasteiger partial charge in [-0.2, -0.15) is 28.2 Å². The SMILES string of the molecule is CCOC(=O)[C@@H]1CC2(CCN(c3cc(O[C@H](c4ccc(-c5cccc(F)c5)cc4-n4ccc(C)n4)C(F)(F)F)nc(N)n3)CC2)CN1. The second-order valence-corrected chi connectivity index (χ2v) is 12.0. The van der Waals surface area contributed by atoms with Crippen LogP contribution in [0.4, 0.5) is 29.3 Å². The van der Waals surface area contributed by atoms with E-state index in [1.54, 1.807) is 32.2 Å². The van der Waals surface area contributed by atoms with E-state index in [9.17, 15) is 22.4 Å². The third-order valence-corrected chi connectivity index (χ3v) is 8.76. The first kappa shape index (κ1) is 32.2. The van der Waals surface area contributed by atoms with Crippen LogP contribution in [0.2, 0.25) is 0 Å². The van der Waals surface area contributed by atoms with Gasteiger partial charge in [0.05, 0.1) is 18.0 Å². The zero-order valence-electron chi connectivity index (χ0n) is 25.9. The Balaban J connectivity index is 1.27. The van der Waals surface area contributed by atoms with Crippen molar-refractivity contribution >= 4 is 17.7 Å². The van der Waals surface area contributed by atoms with Gasteiger partial charge in [0.1, 0.15) is 17.7 Å². The van der Waals surface area contributed by atoms with E-state index in [1.807, 2.05) is 4.90 Å². The van der Waals surface area contributed by atoms with Gasteiger partial charge in [0.15, 0.2) is 0 Å². The van der Waals surface area contributed by atoms with Gasteiger partial charge in [-0.05, 0) is 73.9 Å². The number of hydrogen-bond donors (Lipinski definition) is 2. The van der Waals surface area contributed by atoms with Crippen LogP contribution < -0.4 is 20.7 Å². The number of aromatic nitrogens is 4. The van der Waals surface area contributed by atoms with E-state index in [0.29, 0.717) is 55.3 Å². The van der Waals surface area contributed by atoms with Gasteiger partial charge in [-0.15, -0.1) is 0 Å². The van der Waals surface area contributed by atoms with Crippen molar-refractivity contribution in [1.29, 1.82) is 0 Å². The van der Waals surface area contributed by atoms with E-state index < -0.39 is 18.1 Å². The number of nitrogens with one attached hydrogen (secondary N) is 1. The number of halogens is 4. The third-order valence-electron chi connectivity index (χ3n) is 8.76. The van der Waals surface area contributed by atoms with Gasteiger partial charge in [-0.3, -0.25) is 4.79 Å². The molecule has 2 fully saturated rings. The van der Waals surface area contributed by atoms with Crippen LogP contribution in [0.15, 0.2) is 60.8 Å². The Kier molecular flexibility index (Phi) is 8.79. The lowest BCUT2D eigenvalue weighted by Crippen LogP contribution is -2.41. The maximum atomic E-state index is 14.8. The Hall–Kier alpha value is -4.72. The van der Waals surface area contributed by atoms with Crippen molar-refractivity contribution in [2.75, 3.05) is 36.9 Å². The van der Waals surface area contributed by atoms with Gasteiger partial charge >= 0.3 is 12.1 Å². The molecule has 0 bridgehead atoms. The van der Waals surface area contributed by atoms with Gasteiger partial charge in [0.25, 0.3) is 0 Å². The highest BCUT2D eigenvalue weighted by Crippen LogP contribution is 2.43. The smallest absolute Gasteiger partial charge is 0.429 e. The van der Waals surface area contributed by atoms with E-state index in [2.05, 4.69) is 20.4 Å². The second kappa shape index (κ2) is 12.8. The number of rotatable bonds is 8. The van der Waals surface area contributed by atoms with Crippen molar-refractivity contribution in [1.82, 2.24) is 25.1 Å². The Morgan fingerprint density at radius 3 is 2.55 bits per heavy atom. The molecule has 3 N–H and O–H groups in total. The van der Waals surface area contributed by atoms with Crippen molar-refractivity contribution in [2.45, 2.75) is 51.4 Å². The number of carbonyl (C=O) groups excluding carboxylic acids is 1. The highest BCUT2D eigenvalue weighted by Gasteiger charge is 2.46. The molecule has 2 saturated heterocycles. The van der Waals surface area contributed by atoms with E-state index in [4.69, 9.17) is 15.2 Å². The molecule has 2 aromatic heterocycles. The highest BCUT2D eigenvalue weighted by molar-refractivity contribution is 5.76. The van der Waals surface area contributed by atoms with Crippen LogP contribution in [0.5, 0.6) is 5.88 Å². The summed E-state index contributed by atoms with van der Waals surface area (Å²) < 4.78 is 70.5. The van der Waals surface area contributed by atoms with E-state index >= 15 is 0 Å². The molecule has 0 radical (unpaired) electrons. The minimum Gasteiger partial charge on any atom is -0.465 e. The third kappa shape index (κ3) is 7.02. The van der Waals surface area contributed by atoms with Crippen LogP contribution in [0.25, 0.3) is 16.8 Å². The van der Waals surface area contributed by atoms with E-state index in [0.717, 1.165) is 12.8 Å². The molecule has 2 aliphatic rings. The molecular formula is C33H35F4N7O3. The monoisotopic (exact) mass is 653 g/mol. The average molecular weight is 654 g/mol. The zero-order chi connectivity index (χ0) is 33.3. The molecule has 2 aromatic carbocycles. The molecule has 0 amide bonds. The number of nitrogens with two attached hydrogens (primary N) is 1. The van der Waals surface area contributed by atoms with Crippen molar-refractivity contribution < 1.29 is 31.8 Å². The fourth-order valence-electron chi connectivity index (χ4n) is 6.36. The number of benzene rings is 2. The van der Waals surface area contributed by atoms with Crippen molar-refractivity contribution in [3.8, 4) is 22.7 Å². The number of esters is 1. The van der Waals surface area contributed by atoms with Crippen molar-refractivity contribution in [3.05, 3.63) is 77.9 Å². The van der Waals surface area contributed by atoms with Crippen LogP contribution in [-0.2, 0) is 9.53 Å². The molecule has 248 valence electrons. The first-order valence-corrected chi connectivity index (χ1v) is 15.4. The lowest BCUT2D eigenvalue weighted by atomic mass is 9.76. The number of carbonyl (C=O) groups is 1. The molecule has 14 heteroatoms. The predicted octanol–water partition coefficient (Wildman–Crippen LogP) is 5.55. The van der Waals surface area contributed by atoms with E-state index in [-0.39, 0.29) is 40.5 Å². The summed E-state index contributed by atoms with van der Waals surface area (Å²) in [5.41, 5.74) is 7.38. The number of anilines is 2. The number of alkyl halides is 3. The largest absolute Gasteiger partial charge is 0.465 e. The normalized spacial score (nSPS) is 18.3. The molecule has 10 nitrogen and oxygen atoms in total. The van der Waals surface area contributed by atoms with E-state index in [1.165, 1.54) is 47.1 Å².